The number of hydrogen-bond acceptors (Lipinski definition) is 12. The number of carbonyl (C=O) groups excluding carboxylic acids is 5. The van der Waals surface area contributed by atoms with E-state index in [0.717, 1.165) is 0 Å². The molecule has 3 aliphatic carbocycles. The first kappa shape index (κ1) is 32.0. The van der Waals surface area contributed by atoms with Crippen molar-refractivity contribution in [3.05, 3.63) is 53.6 Å². The van der Waals surface area contributed by atoms with Crippen molar-refractivity contribution in [3.8, 4) is 51.0 Å². The molecule has 8 rings (SSSR count). The fourth-order valence-corrected chi connectivity index (χ4v) is 9.04. The summed E-state index contributed by atoms with van der Waals surface area (Å²) in [4.78, 5) is 69.2. The maximum absolute atomic E-state index is 14.8. The fraction of sp³-hybridized carbons (Fsp3) is 0.378. The Balaban J connectivity index is 1.38. The van der Waals surface area contributed by atoms with E-state index in [-0.39, 0.29) is 24.7 Å². The summed E-state index contributed by atoms with van der Waals surface area (Å²) >= 11 is 0. The highest BCUT2D eigenvalue weighted by atomic mass is 16.7. The molecule has 13 nitrogen and oxygen atoms in total. The number of Topliss-reactive ketones (excluding diaryl/α,β-unsaturated/α-hetero) is 4. The number of ether oxygens (including phenoxy) is 4. The first-order valence-electron chi connectivity index (χ1n) is 16.3. The highest BCUT2D eigenvalue weighted by molar-refractivity contribution is 6.32. The van der Waals surface area contributed by atoms with E-state index in [9.17, 15) is 39.3 Å². The van der Waals surface area contributed by atoms with Crippen molar-refractivity contribution >= 4 is 29.0 Å². The van der Waals surface area contributed by atoms with Gasteiger partial charge in [0.1, 0.15) is 5.75 Å². The number of primary amides is 1. The molecule has 2 saturated carbocycles. The van der Waals surface area contributed by atoms with Crippen molar-refractivity contribution in [2.45, 2.75) is 38.4 Å². The zero-order valence-corrected chi connectivity index (χ0v) is 27.2. The number of rotatable bonds is 4. The number of nitrogens with two attached hydrogens (primary N) is 1. The number of phenolic OH excluding ortho intramolecular Hbond substituents is 1. The highest BCUT2D eigenvalue weighted by Crippen LogP contribution is 2.59. The average molecular weight is 684 g/mol. The third-order valence-electron chi connectivity index (χ3n) is 11.2. The molecule has 3 aromatic rings. The van der Waals surface area contributed by atoms with E-state index in [1.807, 2.05) is 0 Å². The van der Waals surface area contributed by atoms with Crippen molar-refractivity contribution in [3.63, 3.8) is 0 Å². The van der Waals surface area contributed by atoms with E-state index in [2.05, 4.69) is 0 Å². The van der Waals surface area contributed by atoms with Crippen LogP contribution in [0.1, 0.15) is 42.6 Å². The molecule has 5 aliphatic rings. The van der Waals surface area contributed by atoms with E-state index >= 15 is 0 Å². The third kappa shape index (κ3) is 4.04. The number of fused-ring (bicyclic) bond motifs is 5. The molecule has 5 N–H and O–H groups in total. The number of phenols is 1. The van der Waals surface area contributed by atoms with Gasteiger partial charge < -0.3 is 40.0 Å². The summed E-state index contributed by atoms with van der Waals surface area (Å²) in [6, 6.07) is 11.9. The number of benzene rings is 3. The fourth-order valence-electron chi connectivity index (χ4n) is 9.04. The van der Waals surface area contributed by atoms with E-state index in [1.54, 1.807) is 63.2 Å². The molecule has 0 bridgehead atoms. The number of amides is 1. The largest absolute Gasteiger partial charge is 0.507 e. The standard InChI is InChI=1S/C37H33NO12/c1-13(2)22-28-32(42)24-14(3)23-17(15-7-8-19-21(9-15)49-11-47-19)10-18(16-5-4-6-20-33(16)50-12-48-20)29(39)25(23)31(41)26(24)34(43)37(28,46)35(44)27(30(22)40)36(38)45/h4-10,13-14,22,24,26-28,32,39,42,46H,11-12H2,1-3H3,(H2,38,45)/t14-,22-,24+,26?,27?,28+,32-,37-/m0/s1. The molecule has 258 valence electrons. The summed E-state index contributed by atoms with van der Waals surface area (Å²) in [5.74, 6) is -14.3. The molecule has 2 unspecified atom stereocenters. The summed E-state index contributed by atoms with van der Waals surface area (Å²) < 4.78 is 22.4. The molecule has 13 heteroatoms. The lowest BCUT2D eigenvalue weighted by Gasteiger charge is -2.56. The van der Waals surface area contributed by atoms with Gasteiger partial charge in [-0.3, -0.25) is 24.0 Å². The normalized spacial score (nSPS) is 30.6. The molecule has 2 aliphatic heterocycles. The van der Waals surface area contributed by atoms with Crippen LogP contribution in [0.15, 0.2) is 42.5 Å². The maximum Gasteiger partial charge on any atom is 0.235 e. The number of hydrogen-bond donors (Lipinski definition) is 4. The molecule has 1 amide bonds. The van der Waals surface area contributed by atoms with Crippen LogP contribution in [0.4, 0.5) is 0 Å². The van der Waals surface area contributed by atoms with Gasteiger partial charge in [-0.2, -0.15) is 0 Å². The van der Waals surface area contributed by atoms with Crippen molar-refractivity contribution in [2.24, 2.45) is 41.2 Å². The van der Waals surface area contributed by atoms with Crippen LogP contribution in [0.25, 0.3) is 22.3 Å². The minimum absolute atomic E-state index is 0.00747. The average Bonchev–Trinajstić information content (AvgIpc) is 3.76. The Kier molecular flexibility index (Phi) is 6.95. The van der Waals surface area contributed by atoms with Gasteiger partial charge in [-0.15, -0.1) is 0 Å². The van der Waals surface area contributed by atoms with Crippen molar-refractivity contribution in [1.29, 1.82) is 0 Å². The number of aromatic hydroxyl groups is 1. The predicted octanol–water partition coefficient (Wildman–Crippen LogP) is 2.53. The molecule has 0 aromatic heterocycles. The quantitative estimate of drug-likeness (QED) is 0.293. The minimum atomic E-state index is -3.07. The number of aliphatic hydroxyl groups excluding tert-OH is 1. The summed E-state index contributed by atoms with van der Waals surface area (Å²) in [5, 5.41) is 36.3. The van der Waals surface area contributed by atoms with Crippen LogP contribution in [-0.4, -0.2) is 69.7 Å². The van der Waals surface area contributed by atoms with E-state index in [0.29, 0.717) is 45.3 Å². The zero-order chi connectivity index (χ0) is 35.5. The number of para-hydroxylation sites is 1. The van der Waals surface area contributed by atoms with Crippen LogP contribution in [-0.2, 0) is 19.2 Å². The van der Waals surface area contributed by atoms with Crippen molar-refractivity contribution < 1.29 is 58.2 Å². The molecule has 8 atom stereocenters. The Morgan fingerprint density at radius 3 is 2.32 bits per heavy atom. The predicted molar refractivity (Wildman–Crippen MR) is 171 cm³/mol. The van der Waals surface area contributed by atoms with Gasteiger partial charge in [0.25, 0.3) is 0 Å². The number of carbonyl (C=O) groups is 5. The molecular weight excluding hydrogens is 650 g/mol. The van der Waals surface area contributed by atoms with E-state index in [4.69, 9.17) is 24.7 Å². The van der Waals surface area contributed by atoms with Crippen molar-refractivity contribution in [2.75, 3.05) is 13.6 Å². The van der Waals surface area contributed by atoms with Gasteiger partial charge in [0, 0.05) is 28.9 Å². The van der Waals surface area contributed by atoms with Gasteiger partial charge in [-0.25, -0.2) is 0 Å². The van der Waals surface area contributed by atoms with Crippen LogP contribution in [0, 0.1) is 35.5 Å². The van der Waals surface area contributed by atoms with Gasteiger partial charge in [-0.1, -0.05) is 39.0 Å². The second-order valence-corrected chi connectivity index (χ2v) is 13.9. The highest BCUT2D eigenvalue weighted by Gasteiger charge is 2.72. The second kappa shape index (κ2) is 10.9. The summed E-state index contributed by atoms with van der Waals surface area (Å²) in [7, 11) is 0. The summed E-state index contributed by atoms with van der Waals surface area (Å²) in [6.45, 7) is 4.83. The van der Waals surface area contributed by atoms with Gasteiger partial charge in [0.2, 0.25) is 19.5 Å². The molecule has 0 radical (unpaired) electrons. The first-order valence-corrected chi connectivity index (χ1v) is 16.3. The van der Waals surface area contributed by atoms with Gasteiger partial charge in [0.15, 0.2) is 57.6 Å². The Hall–Kier alpha value is -5.27. The summed E-state index contributed by atoms with van der Waals surface area (Å²) in [6.07, 6.45) is -1.74. The van der Waals surface area contributed by atoms with Crippen LogP contribution in [0.5, 0.6) is 28.7 Å². The van der Waals surface area contributed by atoms with Crippen LogP contribution in [0.3, 0.4) is 0 Å². The molecule has 0 saturated heterocycles. The van der Waals surface area contributed by atoms with Gasteiger partial charge >= 0.3 is 0 Å². The molecular formula is C37H33NO12. The van der Waals surface area contributed by atoms with E-state index < -0.39 is 87.9 Å². The van der Waals surface area contributed by atoms with Gasteiger partial charge in [0.05, 0.1) is 17.6 Å². The Labute approximate surface area is 284 Å². The smallest absolute Gasteiger partial charge is 0.235 e. The lowest BCUT2D eigenvalue weighted by atomic mass is 9.47. The monoisotopic (exact) mass is 683 g/mol. The zero-order valence-electron chi connectivity index (χ0n) is 27.2. The van der Waals surface area contributed by atoms with Crippen LogP contribution < -0.4 is 24.7 Å². The minimum Gasteiger partial charge on any atom is -0.507 e. The maximum atomic E-state index is 14.8. The van der Waals surface area contributed by atoms with Crippen LogP contribution in [0.2, 0.25) is 0 Å². The SMILES string of the molecule is CC(C)[C@@H]1C(=O)C(C(N)=O)C(=O)[C@@]2(O)C(=O)C3C(=O)c4c(O)c(-c5cccc6c5OCO6)cc(-c5ccc6c(c5)OCO6)c4[C@H](C)[C@H]3[C@H](O)[C@@H]12. The second-order valence-electron chi connectivity index (χ2n) is 13.9. The number of aliphatic hydroxyl groups is 2. The van der Waals surface area contributed by atoms with Crippen molar-refractivity contribution in [1.82, 2.24) is 0 Å². The molecule has 2 heterocycles. The molecule has 0 spiro atoms. The lowest BCUT2D eigenvalue weighted by Crippen LogP contribution is -2.75. The van der Waals surface area contributed by atoms with Gasteiger partial charge in [-0.05, 0) is 52.8 Å². The van der Waals surface area contributed by atoms with Crippen LogP contribution >= 0.6 is 0 Å². The molecule has 3 aromatic carbocycles. The lowest BCUT2D eigenvalue weighted by molar-refractivity contribution is -0.198. The first-order chi connectivity index (χ1) is 23.8. The topological polar surface area (TPSA) is 209 Å². The molecule has 50 heavy (non-hydrogen) atoms. The Morgan fingerprint density at radius 1 is 0.900 bits per heavy atom. The Morgan fingerprint density at radius 2 is 1.60 bits per heavy atom. The van der Waals surface area contributed by atoms with E-state index in [1.165, 1.54) is 0 Å². The molecule has 2 fully saturated rings. The third-order valence-corrected chi connectivity index (χ3v) is 11.2. The summed E-state index contributed by atoms with van der Waals surface area (Å²) in [5.41, 5.74) is 4.04. The number of ketones is 4. The Bertz CT molecular complexity index is 2070.